The second-order valence-electron chi connectivity index (χ2n) is 2.92. The SMILES string of the molecule is CN(C(=O)Cl)C(=O)c1ccc([N+](=O)[O-])cc1. The summed E-state index contributed by atoms with van der Waals surface area (Å²) in [4.78, 5) is 32.7. The molecule has 1 aromatic rings. The molecular formula is C9H7ClN2O4. The van der Waals surface area contributed by atoms with Gasteiger partial charge in [0.15, 0.2) is 0 Å². The zero-order valence-electron chi connectivity index (χ0n) is 8.21. The van der Waals surface area contributed by atoms with Gasteiger partial charge in [0.1, 0.15) is 0 Å². The van der Waals surface area contributed by atoms with Gasteiger partial charge in [0.2, 0.25) is 0 Å². The van der Waals surface area contributed by atoms with E-state index in [1.165, 1.54) is 31.3 Å². The van der Waals surface area contributed by atoms with Crippen LogP contribution in [0, 0.1) is 10.1 Å². The van der Waals surface area contributed by atoms with Crippen LogP contribution >= 0.6 is 11.6 Å². The van der Waals surface area contributed by atoms with Crippen molar-refractivity contribution in [2.45, 2.75) is 0 Å². The summed E-state index contributed by atoms with van der Waals surface area (Å²) in [7, 11) is 1.22. The van der Waals surface area contributed by atoms with Gasteiger partial charge in [0.05, 0.1) is 4.92 Å². The van der Waals surface area contributed by atoms with Gasteiger partial charge in [-0.1, -0.05) is 0 Å². The highest BCUT2D eigenvalue weighted by molar-refractivity contribution is 6.64. The minimum absolute atomic E-state index is 0.128. The van der Waals surface area contributed by atoms with Crippen molar-refractivity contribution < 1.29 is 14.5 Å². The molecule has 0 atom stereocenters. The monoisotopic (exact) mass is 242 g/mol. The Bertz CT molecular complexity index is 443. The molecule has 0 spiro atoms. The Morgan fingerprint density at radius 2 is 1.81 bits per heavy atom. The number of rotatable bonds is 2. The molecule has 0 bridgehead atoms. The minimum Gasteiger partial charge on any atom is -0.269 e. The van der Waals surface area contributed by atoms with Gasteiger partial charge >= 0.3 is 5.37 Å². The Kier molecular flexibility index (Phi) is 3.57. The number of nitro groups is 1. The van der Waals surface area contributed by atoms with Gasteiger partial charge in [0, 0.05) is 24.7 Å². The first-order chi connectivity index (χ1) is 7.43. The predicted molar refractivity (Wildman–Crippen MR) is 56.4 cm³/mol. The van der Waals surface area contributed by atoms with Gasteiger partial charge in [-0.25, -0.2) is 0 Å². The molecule has 0 saturated heterocycles. The summed E-state index contributed by atoms with van der Waals surface area (Å²) < 4.78 is 0. The fraction of sp³-hybridized carbons (Fsp3) is 0.111. The number of benzene rings is 1. The second kappa shape index (κ2) is 4.71. The maximum absolute atomic E-state index is 11.5. The number of amides is 2. The molecule has 1 aromatic carbocycles. The van der Waals surface area contributed by atoms with Crippen LogP contribution in [-0.2, 0) is 0 Å². The lowest BCUT2D eigenvalue weighted by Gasteiger charge is -2.10. The smallest absolute Gasteiger partial charge is 0.269 e. The Hall–Kier alpha value is -1.95. The maximum Gasteiger partial charge on any atom is 0.323 e. The normalized spacial score (nSPS) is 9.62. The summed E-state index contributed by atoms with van der Waals surface area (Å²) in [5.74, 6) is -0.616. The van der Waals surface area contributed by atoms with Gasteiger partial charge in [-0.15, -0.1) is 0 Å². The summed E-state index contributed by atoms with van der Waals surface area (Å²) in [6, 6.07) is 4.88. The van der Waals surface area contributed by atoms with E-state index in [0.29, 0.717) is 4.90 Å². The van der Waals surface area contributed by atoms with E-state index in [0.717, 1.165) is 0 Å². The zero-order chi connectivity index (χ0) is 12.3. The Morgan fingerprint density at radius 1 is 1.31 bits per heavy atom. The molecule has 0 aliphatic carbocycles. The number of imide groups is 1. The largest absolute Gasteiger partial charge is 0.323 e. The molecule has 7 heteroatoms. The van der Waals surface area contributed by atoms with Gasteiger partial charge in [0.25, 0.3) is 11.6 Å². The number of hydrogen-bond donors (Lipinski definition) is 0. The van der Waals surface area contributed by atoms with Crippen LogP contribution in [0.2, 0.25) is 0 Å². The van der Waals surface area contributed by atoms with E-state index < -0.39 is 16.2 Å². The highest BCUT2D eigenvalue weighted by Gasteiger charge is 2.17. The molecule has 0 fully saturated rings. The molecule has 0 radical (unpaired) electrons. The number of non-ortho nitro benzene ring substituents is 1. The third kappa shape index (κ3) is 2.54. The van der Waals surface area contributed by atoms with Crippen LogP contribution in [0.25, 0.3) is 0 Å². The van der Waals surface area contributed by atoms with Gasteiger partial charge in [-0.3, -0.25) is 24.6 Å². The molecule has 0 heterocycles. The van der Waals surface area contributed by atoms with Crippen LogP contribution in [0.5, 0.6) is 0 Å². The van der Waals surface area contributed by atoms with Crippen molar-refractivity contribution in [3.8, 4) is 0 Å². The van der Waals surface area contributed by atoms with E-state index in [-0.39, 0.29) is 11.3 Å². The summed E-state index contributed by atoms with van der Waals surface area (Å²) >= 11 is 5.11. The van der Waals surface area contributed by atoms with Crippen molar-refractivity contribution in [1.29, 1.82) is 0 Å². The standard InChI is InChI=1S/C9H7ClN2O4/c1-11(9(10)14)8(13)6-2-4-7(5-3-6)12(15)16/h2-5H,1H3. The van der Waals surface area contributed by atoms with E-state index in [1.54, 1.807) is 0 Å². The molecule has 0 saturated carbocycles. The highest BCUT2D eigenvalue weighted by atomic mass is 35.5. The Morgan fingerprint density at radius 3 is 2.19 bits per heavy atom. The molecule has 84 valence electrons. The van der Waals surface area contributed by atoms with Crippen LogP contribution in [-0.4, -0.2) is 28.1 Å². The average Bonchev–Trinajstić information content (AvgIpc) is 2.27. The summed E-state index contributed by atoms with van der Waals surface area (Å²) in [5.41, 5.74) is 0.0264. The molecule has 0 unspecified atom stereocenters. The van der Waals surface area contributed by atoms with Crippen molar-refractivity contribution in [3.63, 3.8) is 0 Å². The van der Waals surface area contributed by atoms with E-state index in [4.69, 9.17) is 11.6 Å². The fourth-order valence-corrected chi connectivity index (χ4v) is 1.08. The molecule has 16 heavy (non-hydrogen) atoms. The predicted octanol–water partition coefficient (Wildman–Crippen LogP) is 2.03. The third-order valence-corrected chi connectivity index (χ3v) is 2.15. The second-order valence-corrected chi connectivity index (χ2v) is 3.24. The molecule has 0 aliphatic heterocycles. The first-order valence-corrected chi connectivity index (χ1v) is 4.53. The average molecular weight is 243 g/mol. The fourth-order valence-electron chi connectivity index (χ4n) is 0.999. The first kappa shape index (κ1) is 12.1. The molecule has 0 aromatic heterocycles. The molecular weight excluding hydrogens is 236 g/mol. The van der Waals surface area contributed by atoms with Crippen molar-refractivity contribution in [3.05, 3.63) is 39.9 Å². The highest BCUT2D eigenvalue weighted by Crippen LogP contribution is 2.13. The Balaban J connectivity index is 2.94. The quantitative estimate of drug-likeness (QED) is 0.344. The van der Waals surface area contributed by atoms with Crippen LogP contribution < -0.4 is 0 Å². The maximum atomic E-state index is 11.5. The van der Waals surface area contributed by atoms with Crippen LogP contribution in [0.15, 0.2) is 24.3 Å². The molecule has 1 rings (SSSR count). The van der Waals surface area contributed by atoms with Crippen molar-refractivity contribution >= 4 is 28.6 Å². The number of nitrogens with zero attached hydrogens (tertiary/aromatic N) is 2. The number of carbonyl (C=O) groups excluding carboxylic acids is 2. The lowest BCUT2D eigenvalue weighted by molar-refractivity contribution is -0.384. The molecule has 6 nitrogen and oxygen atoms in total. The topological polar surface area (TPSA) is 80.5 Å². The summed E-state index contributed by atoms with van der Waals surface area (Å²) in [6.45, 7) is 0. The van der Waals surface area contributed by atoms with E-state index in [2.05, 4.69) is 0 Å². The van der Waals surface area contributed by atoms with E-state index >= 15 is 0 Å². The van der Waals surface area contributed by atoms with Crippen molar-refractivity contribution in [2.75, 3.05) is 7.05 Å². The third-order valence-electron chi connectivity index (χ3n) is 1.89. The van der Waals surface area contributed by atoms with Gasteiger partial charge in [-0.05, 0) is 23.7 Å². The van der Waals surface area contributed by atoms with Crippen LogP contribution in [0.1, 0.15) is 10.4 Å². The summed E-state index contributed by atoms with van der Waals surface area (Å²) in [5, 5.41) is 9.45. The van der Waals surface area contributed by atoms with E-state index in [1.807, 2.05) is 0 Å². The van der Waals surface area contributed by atoms with E-state index in [9.17, 15) is 19.7 Å². The van der Waals surface area contributed by atoms with Crippen molar-refractivity contribution in [1.82, 2.24) is 4.90 Å². The molecule has 0 N–H and O–H groups in total. The first-order valence-electron chi connectivity index (χ1n) is 4.15. The van der Waals surface area contributed by atoms with Crippen molar-refractivity contribution in [2.24, 2.45) is 0 Å². The lowest BCUT2D eigenvalue weighted by atomic mass is 10.2. The minimum atomic E-state index is -0.914. The van der Waals surface area contributed by atoms with Gasteiger partial charge < -0.3 is 0 Å². The van der Waals surface area contributed by atoms with Gasteiger partial charge in [-0.2, -0.15) is 0 Å². The number of carbonyl (C=O) groups is 2. The molecule has 0 aliphatic rings. The number of nitro benzene ring substituents is 1. The summed E-state index contributed by atoms with van der Waals surface area (Å²) in [6.07, 6.45) is 0. The van der Waals surface area contributed by atoms with Crippen LogP contribution in [0.4, 0.5) is 10.5 Å². The van der Waals surface area contributed by atoms with Crippen LogP contribution in [0.3, 0.4) is 0 Å². The lowest BCUT2D eigenvalue weighted by Crippen LogP contribution is -2.28. The zero-order valence-corrected chi connectivity index (χ0v) is 8.97. The Labute approximate surface area is 95.6 Å². The number of hydrogen-bond acceptors (Lipinski definition) is 4. The number of halogens is 1. The molecule has 2 amide bonds.